The van der Waals surface area contributed by atoms with Gasteiger partial charge in [0, 0.05) is 18.7 Å². The maximum Gasteiger partial charge on any atom is 0.179 e. The molecule has 1 aliphatic heterocycles. The van der Waals surface area contributed by atoms with Gasteiger partial charge in [-0.25, -0.2) is 0 Å². The topological polar surface area (TPSA) is 50.7 Å². The van der Waals surface area contributed by atoms with Crippen molar-refractivity contribution >= 4 is 11.6 Å². The van der Waals surface area contributed by atoms with Gasteiger partial charge in [0.1, 0.15) is 5.60 Å². The van der Waals surface area contributed by atoms with Gasteiger partial charge in [-0.2, -0.15) is 0 Å². The van der Waals surface area contributed by atoms with Crippen molar-refractivity contribution < 1.29 is 14.6 Å². The summed E-state index contributed by atoms with van der Waals surface area (Å²) >= 11 is 6.20. The highest BCUT2D eigenvalue weighted by atomic mass is 35.5. The number of nitrogens with one attached hydrogen (secondary N) is 1. The molecule has 0 unspecified atom stereocenters. The lowest BCUT2D eigenvalue weighted by molar-refractivity contribution is -0.0147. The van der Waals surface area contributed by atoms with Crippen LogP contribution < -0.4 is 14.8 Å². The van der Waals surface area contributed by atoms with E-state index in [0.29, 0.717) is 35.2 Å². The Bertz CT molecular complexity index is 404. The molecule has 1 heterocycles. The van der Waals surface area contributed by atoms with Crippen LogP contribution in [0.4, 0.5) is 0 Å². The molecule has 0 atom stereocenters. The molecular weight excluding hydrogens is 230 g/mol. The Balaban J connectivity index is 2.48. The quantitative estimate of drug-likeness (QED) is 0.836. The number of methoxy groups -OCH3 is 2. The lowest BCUT2D eigenvalue weighted by Crippen LogP contribution is -2.56. The fourth-order valence-electron chi connectivity index (χ4n) is 1.80. The number of ether oxygens (including phenoxy) is 2. The second-order valence-electron chi connectivity index (χ2n) is 3.80. The Morgan fingerprint density at radius 1 is 1.31 bits per heavy atom. The van der Waals surface area contributed by atoms with Crippen LogP contribution in [0.25, 0.3) is 0 Å². The fourth-order valence-corrected chi connectivity index (χ4v) is 2.21. The number of rotatable bonds is 3. The molecule has 16 heavy (non-hydrogen) atoms. The zero-order valence-corrected chi connectivity index (χ0v) is 9.97. The molecule has 5 heteroatoms. The van der Waals surface area contributed by atoms with Crippen molar-refractivity contribution in [1.82, 2.24) is 5.32 Å². The van der Waals surface area contributed by atoms with Crippen LogP contribution in [-0.2, 0) is 5.60 Å². The highest BCUT2D eigenvalue weighted by molar-refractivity contribution is 6.33. The van der Waals surface area contributed by atoms with Gasteiger partial charge >= 0.3 is 0 Å². The van der Waals surface area contributed by atoms with Crippen LogP contribution in [0.3, 0.4) is 0 Å². The van der Waals surface area contributed by atoms with E-state index < -0.39 is 5.60 Å². The summed E-state index contributed by atoms with van der Waals surface area (Å²) in [7, 11) is 3.07. The zero-order chi connectivity index (χ0) is 11.8. The second kappa shape index (κ2) is 4.13. The molecule has 0 bridgehead atoms. The van der Waals surface area contributed by atoms with Crippen molar-refractivity contribution in [2.75, 3.05) is 27.3 Å². The summed E-state index contributed by atoms with van der Waals surface area (Å²) < 4.78 is 10.3. The maximum absolute atomic E-state index is 10.2. The summed E-state index contributed by atoms with van der Waals surface area (Å²) in [6.45, 7) is 1.00. The van der Waals surface area contributed by atoms with Crippen LogP contribution in [-0.4, -0.2) is 32.4 Å². The summed E-state index contributed by atoms with van der Waals surface area (Å²) in [5.41, 5.74) is -0.220. The summed E-state index contributed by atoms with van der Waals surface area (Å²) in [6, 6.07) is 3.51. The Labute approximate surface area is 99.1 Å². The average molecular weight is 244 g/mol. The van der Waals surface area contributed by atoms with Crippen LogP contribution >= 0.6 is 11.6 Å². The molecule has 0 aliphatic carbocycles. The van der Waals surface area contributed by atoms with E-state index in [1.165, 1.54) is 7.11 Å². The Kier molecular flexibility index (Phi) is 2.97. The summed E-state index contributed by atoms with van der Waals surface area (Å²) in [5, 5.41) is 13.6. The third kappa shape index (κ3) is 1.63. The summed E-state index contributed by atoms with van der Waals surface area (Å²) in [5.74, 6) is 1.02. The molecule has 1 fully saturated rings. The van der Waals surface area contributed by atoms with Crippen molar-refractivity contribution in [1.29, 1.82) is 0 Å². The van der Waals surface area contributed by atoms with Crippen LogP contribution in [0, 0.1) is 0 Å². The van der Waals surface area contributed by atoms with E-state index in [4.69, 9.17) is 21.1 Å². The second-order valence-corrected chi connectivity index (χ2v) is 4.18. The molecule has 0 spiro atoms. The summed E-state index contributed by atoms with van der Waals surface area (Å²) in [6.07, 6.45) is 0. The molecule has 0 aromatic heterocycles. The predicted molar refractivity (Wildman–Crippen MR) is 61.3 cm³/mol. The van der Waals surface area contributed by atoms with E-state index in [1.54, 1.807) is 19.2 Å². The van der Waals surface area contributed by atoms with Gasteiger partial charge in [0.25, 0.3) is 0 Å². The SMILES string of the molecule is COc1ccc(C2(O)CNC2)c(Cl)c1OC. The Morgan fingerprint density at radius 2 is 2.00 bits per heavy atom. The van der Waals surface area contributed by atoms with Crippen molar-refractivity contribution in [3.8, 4) is 11.5 Å². The lowest BCUT2D eigenvalue weighted by atomic mass is 9.88. The van der Waals surface area contributed by atoms with Crippen molar-refractivity contribution in [3.63, 3.8) is 0 Å². The molecule has 1 aromatic carbocycles. The predicted octanol–water partition coefficient (Wildman–Crippen LogP) is 1.15. The molecule has 88 valence electrons. The van der Waals surface area contributed by atoms with Crippen molar-refractivity contribution in [3.05, 3.63) is 22.7 Å². The highest BCUT2D eigenvalue weighted by Gasteiger charge is 2.39. The first-order valence-corrected chi connectivity index (χ1v) is 5.34. The minimum absolute atomic E-state index is 0.408. The first kappa shape index (κ1) is 11.5. The van der Waals surface area contributed by atoms with E-state index in [9.17, 15) is 5.11 Å². The molecule has 0 amide bonds. The molecule has 0 saturated carbocycles. The number of aliphatic hydroxyl groups is 1. The van der Waals surface area contributed by atoms with Crippen LogP contribution in [0.15, 0.2) is 12.1 Å². The largest absolute Gasteiger partial charge is 0.493 e. The molecule has 1 saturated heterocycles. The number of β-amino-alcohol motifs (C(OH)–C–C–N with tert-alkyl or cyclic N) is 1. The Morgan fingerprint density at radius 3 is 2.44 bits per heavy atom. The van der Waals surface area contributed by atoms with Gasteiger partial charge in [-0.1, -0.05) is 17.7 Å². The van der Waals surface area contributed by atoms with E-state index in [1.807, 2.05) is 0 Å². The molecule has 2 rings (SSSR count). The molecule has 0 radical (unpaired) electrons. The van der Waals surface area contributed by atoms with Gasteiger partial charge < -0.3 is 19.9 Å². The Hall–Kier alpha value is -0.970. The average Bonchev–Trinajstić information content (AvgIpc) is 2.25. The maximum atomic E-state index is 10.2. The van der Waals surface area contributed by atoms with E-state index in [0.717, 1.165) is 0 Å². The van der Waals surface area contributed by atoms with Crippen molar-refractivity contribution in [2.24, 2.45) is 0 Å². The highest BCUT2D eigenvalue weighted by Crippen LogP contribution is 2.42. The third-order valence-electron chi connectivity index (χ3n) is 2.82. The van der Waals surface area contributed by atoms with Crippen LogP contribution in [0.5, 0.6) is 11.5 Å². The van der Waals surface area contributed by atoms with Gasteiger partial charge in [0.05, 0.1) is 19.2 Å². The molecule has 4 nitrogen and oxygen atoms in total. The molecule has 1 aliphatic rings. The van der Waals surface area contributed by atoms with E-state index in [-0.39, 0.29) is 0 Å². The minimum atomic E-state index is -0.892. The van der Waals surface area contributed by atoms with Crippen LogP contribution in [0.2, 0.25) is 5.02 Å². The fraction of sp³-hybridized carbons (Fsp3) is 0.455. The molecule has 2 N–H and O–H groups in total. The van der Waals surface area contributed by atoms with Gasteiger partial charge in [0.15, 0.2) is 11.5 Å². The normalized spacial score (nSPS) is 17.8. The van der Waals surface area contributed by atoms with Gasteiger partial charge in [-0.05, 0) is 6.07 Å². The van der Waals surface area contributed by atoms with E-state index >= 15 is 0 Å². The standard InChI is InChI=1S/C11H14ClNO3/c1-15-8-4-3-7(9(12)10(8)16-2)11(14)5-13-6-11/h3-4,13-14H,5-6H2,1-2H3. The molecule has 1 aromatic rings. The number of hydrogen-bond donors (Lipinski definition) is 2. The number of hydrogen-bond acceptors (Lipinski definition) is 4. The summed E-state index contributed by atoms with van der Waals surface area (Å²) in [4.78, 5) is 0. The zero-order valence-electron chi connectivity index (χ0n) is 9.21. The minimum Gasteiger partial charge on any atom is -0.493 e. The molecular formula is C11H14ClNO3. The number of halogens is 1. The van der Waals surface area contributed by atoms with Crippen molar-refractivity contribution in [2.45, 2.75) is 5.60 Å². The first-order valence-electron chi connectivity index (χ1n) is 4.96. The smallest absolute Gasteiger partial charge is 0.179 e. The van der Waals surface area contributed by atoms with Crippen LogP contribution in [0.1, 0.15) is 5.56 Å². The van der Waals surface area contributed by atoms with E-state index in [2.05, 4.69) is 5.32 Å². The van der Waals surface area contributed by atoms with Gasteiger partial charge in [-0.15, -0.1) is 0 Å². The van der Waals surface area contributed by atoms with Gasteiger partial charge in [0.2, 0.25) is 0 Å². The lowest BCUT2D eigenvalue weighted by Gasteiger charge is -2.38. The number of benzene rings is 1. The van der Waals surface area contributed by atoms with Gasteiger partial charge in [-0.3, -0.25) is 0 Å². The first-order chi connectivity index (χ1) is 7.62. The monoisotopic (exact) mass is 243 g/mol. The third-order valence-corrected chi connectivity index (χ3v) is 3.20.